The Morgan fingerprint density at radius 3 is 2.15 bits per heavy atom. The van der Waals surface area contributed by atoms with Crippen molar-refractivity contribution in [2.24, 2.45) is 5.92 Å². The average Bonchev–Trinajstić information content (AvgIpc) is 2.98. The summed E-state index contributed by atoms with van der Waals surface area (Å²) in [5.41, 5.74) is -3.29. The molecule has 7 nitrogen and oxygen atoms in total. The summed E-state index contributed by atoms with van der Waals surface area (Å²) in [5.74, 6) is -1.80. The van der Waals surface area contributed by atoms with Crippen LogP contribution in [0.1, 0.15) is 48.9 Å². The molecule has 1 saturated heterocycles. The second-order valence-electron chi connectivity index (χ2n) is 12.1. The van der Waals surface area contributed by atoms with Crippen LogP contribution in [0.3, 0.4) is 0 Å². The van der Waals surface area contributed by atoms with Gasteiger partial charge in [0, 0.05) is 25.8 Å². The Bertz CT molecular complexity index is 1610. The number of alkyl halides is 6. The topological polar surface area (TPSA) is 91.8 Å². The highest BCUT2D eigenvalue weighted by Gasteiger charge is 2.40. The van der Waals surface area contributed by atoms with Crippen molar-refractivity contribution < 1.29 is 50.2 Å². The first-order valence-corrected chi connectivity index (χ1v) is 14.6. The first-order chi connectivity index (χ1) is 21.8. The van der Waals surface area contributed by atoms with Crippen molar-refractivity contribution in [1.29, 1.82) is 0 Å². The average molecular weight is 670 g/mol. The van der Waals surface area contributed by atoms with Gasteiger partial charge in [0.25, 0.3) is 0 Å². The van der Waals surface area contributed by atoms with Crippen LogP contribution in [0.15, 0.2) is 48.7 Å². The van der Waals surface area contributed by atoms with Gasteiger partial charge in [-0.1, -0.05) is 6.07 Å². The van der Waals surface area contributed by atoms with Crippen LogP contribution in [0.4, 0.5) is 42.2 Å². The van der Waals surface area contributed by atoms with Crippen LogP contribution >= 0.6 is 0 Å². The first kappa shape index (κ1) is 35.7. The molecule has 1 aliphatic heterocycles. The number of carboxylic acid groups (broad SMARTS) is 1. The number of nitrogens with one attached hydrogen (secondary N) is 1. The number of carbonyl (C=O) groups is 2. The summed E-state index contributed by atoms with van der Waals surface area (Å²) in [4.78, 5) is 31.2. The molecule has 0 radical (unpaired) electrons. The third kappa shape index (κ3) is 8.21. The van der Waals surface area contributed by atoms with E-state index >= 15 is 0 Å². The molecule has 4 rings (SSSR count). The van der Waals surface area contributed by atoms with Crippen LogP contribution in [0.5, 0.6) is 0 Å². The Morgan fingerprint density at radius 1 is 0.979 bits per heavy atom. The zero-order chi connectivity index (χ0) is 34.9. The zero-order valence-corrected chi connectivity index (χ0v) is 26.0. The minimum Gasteiger partial charge on any atom is -0.481 e. The highest BCUT2D eigenvalue weighted by molar-refractivity contribution is 5.94. The molecule has 1 aromatic heterocycles. The van der Waals surface area contributed by atoms with Crippen LogP contribution < -0.4 is 10.2 Å². The number of aromatic nitrogens is 1. The SMILES string of the molecule is COC1CN(c2cc(-c3ccc(F)cc3C)c(NCC(=O)C(C)(C)c3cc(C(F)(F)F)cc(C(F)(F)F)c3)cn2)CCC1CC(=O)O. The van der Waals surface area contributed by atoms with Gasteiger partial charge in [-0.15, -0.1) is 0 Å². The van der Waals surface area contributed by atoms with Gasteiger partial charge >= 0.3 is 18.3 Å². The molecule has 0 amide bonds. The predicted molar refractivity (Wildman–Crippen MR) is 161 cm³/mol. The Labute approximate surface area is 266 Å². The molecule has 0 saturated carbocycles. The van der Waals surface area contributed by atoms with Gasteiger partial charge in [0.1, 0.15) is 11.6 Å². The number of anilines is 2. The molecular weight excluding hydrogens is 635 g/mol. The lowest BCUT2D eigenvalue weighted by molar-refractivity contribution is -0.143. The van der Waals surface area contributed by atoms with Crippen molar-refractivity contribution in [1.82, 2.24) is 4.98 Å². The fourth-order valence-corrected chi connectivity index (χ4v) is 5.68. The smallest absolute Gasteiger partial charge is 0.416 e. The molecule has 1 aliphatic rings. The number of hydrogen-bond acceptors (Lipinski definition) is 6. The van der Waals surface area contributed by atoms with Crippen molar-refractivity contribution in [2.45, 2.75) is 57.5 Å². The normalized spacial score (nSPS) is 17.5. The van der Waals surface area contributed by atoms with Gasteiger partial charge < -0.3 is 20.1 Å². The van der Waals surface area contributed by atoms with Crippen molar-refractivity contribution in [2.75, 3.05) is 37.0 Å². The lowest BCUT2D eigenvalue weighted by Gasteiger charge is -2.38. The lowest BCUT2D eigenvalue weighted by atomic mass is 9.79. The largest absolute Gasteiger partial charge is 0.481 e. The summed E-state index contributed by atoms with van der Waals surface area (Å²) in [6.07, 6.45) is -8.62. The predicted octanol–water partition coefficient (Wildman–Crippen LogP) is 7.51. The second-order valence-corrected chi connectivity index (χ2v) is 12.1. The highest BCUT2D eigenvalue weighted by atomic mass is 19.4. The minimum absolute atomic E-state index is 0.0102. The number of carbonyl (C=O) groups excluding carboxylic acids is 1. The van der Waals surface area contributed by atoms with E-state index in [4.69, 9.17) is 4.74 Å². The van der Waals surface area contributed by atoms with Crippen molar-refractivity contribution in [3.63, 3.8) is 0 Å². The molecule has 254 valence electrons. The number of ketones is 1. The fraction of sp³-hybridized carbons (Fsp3) is 0.424. The Balaban J connectivity index is 1.66. The third-order valence-electron chi connectivity index (χ3n) is 8.57. The van der Waals surface area contributed by atoms with E-state index in [0.717, 1.165) is 0 Å². The molecule has 47 heavy (non-hydrogen) atoms. The zero-order valence-electron chi connectivity index (χ0n) is 26.0. The number of aryl methyl sites for hydroxylation is 1. The molecule has 2 N–H and O–H groups in total. The number of carboxylic acids is 1. The van der Waals surface area contributed by atoms with Gasteiger partial charge in [-0.25, -0.2) is 9.37 Å². The molecule has 2 heterocycles. The number of methoxy groups -OCH3 is 1. The van der Waals surface area contributed by atoms with Crippen molar-refractivity contribution in [3.8, 4) is 11.1 Å². The van der Waals surface area contributed by atoms with Crippen molar-refractivity contribution in [3.05, 3.63) is 76.7 Å². The third-order valence-corrected chi connectivity index (χ3v) is 8.57. The van der Waals surface area contributed by atoms with E-state index < -0.39 is 58.6 Å². The van der Waals surface area contributed by atoms with E-state index in [9.17, 15) is 45.4 Å². The molecule has 2 unspecified atom stereocenters. The number of pyridine rings is 1. The summed E-state index contributed by atoms with van der Waals surface area (Å²) < 4.78 is 101. The van der Waals surface area contributed by atoms with Gasteiger partial charge in [0.2, 0.25) is 0 Å². The number of rotatable bonds is 10. The van der Waals surface area contributed by atoms with E-state index in [1.807, 2.05) is 4.90 Å². The van der Waals surface area contributed by atoms with E-state index in [1.54, 1.807) is 19.1 Å². The minimum atomic E-state index is -5.07. The Hall–Kier alpha value is -4.20. The van der Waals surface area contributed by atoms with Gasteiger partial charge in [-0.3, -0.25) is 9.59 Å². The number of benzene rings is 2. The number of ether oxygens (including phenoxy) is 1. The molecule has 14 heteroatoms. The maximum Gasteiger partial charge on any atom is 0.416 e. The van der Waals surface area contributed by atoms with E-state index in [0.29, 0.717) is 59.8 Å². The molecule has 2 atom stereocenters. The van der Waals surface area contributed by atoms with Gasteiger partial charge in [-0.05, 0) is 86.2 Å². The summed E-state index contributed by atoms with van der Waals surface area (Å²) >= 11 is 0. The van der Waals surface area contributed by atoms with Crippen molar-refractivity contribution >= 4 is 23.3 Å². The van der Waals surface area contributed by atoms with Crippen LogP contribution in [0, 0.1) is 18.7 Å². The first-order valence-electron chi connectivity index (χ1n) is 14.6. The summed E-state index contributed by atoms with van der Waals surface area (Å²) in [6, 6.07) is 6.93. The number of hydrogen-bond donors (Lipinski definition) is 2. The lowest BCUT2D eigenvalue weighted by Crippen LogP contribution is -2.45. The summed E-state index contributed by atoms with van der Waals surface area (Å²) in [6.45, 7) is 4.52. The molecule has 0 aliphatic carbocycles. The van der Waals surface area contributed by atoms with E-state index in [-0.39, 0.29) is 24.5 Å². The number of aliphatic carboxylic acids is 1. The monoisotopic (exact) mass is 669 g/mol. The number of piperidine rings is 1. The maximum absolute atomic E-state index is 14.0. The summed E-state index contributed by atoms with van der Waals surface area (Å²) in [7, 11) is 1.50. The second kappa shape index (κ2) is 13.5. The number of Topliss-reactive ketones (excluding diaryl/α,β-unsaturated/α-hetero) is 1. The fourth-order valence-electron chi connectivity index (χ4n) is 5.68. The molecule has 2 aromatic carbocycles. The summed E-state index contributed by atoms with van der Waals surface area (Å²) in [5, 5.41) is 12.2. The molecular formula is C33H34F7N3O4. The van der Waals surface area contributed by atoms with Crippen LogP contribution in [-0.2, 0) is 32.1 Å². The van der Waals surface area contributed by atoms with Gasteiger partial charge in [-0.2, -0.15) is 26.3 Å². The Morgan fingerprint density at radius 2 is 1.60 bits per heavy atom. The van der Waals surface area contributed by atoms with Gasteiger partial charge in [0.15, 0.2) is 5.78 Å². The van der Waals surface area contributed by atoms with E-state index in [1.165, 1.54) is 39.3 Å². The van der Waals surface area contributed by atoms with E-state index in [2.05, 4.69) is 10.3 Å². The Kier molecular flexibility index (Phi) is 10.2. The van der Waals surface area contributed by atoms with Crippen LogP contribution in [0.25, 0.3) is 11.1 Å². The molecule has 1 fully saturated rings. The van der Waals surface area contributed by atoms with Crippen LogP contribution in [0.2, 0.25) is 0 Å². The maximum atomic E-state index is 14.0. The number of nitrogens with zero attached hydrogens (tertiary/aromatic N) is 2. The van der Waals surface area contributed by atoms with Gasteiger partial charge in [0.05, 0.1) is 47.5 Å². The standard InChI is InChI=1S/C33H34F7N3O4/c1-18-9-23(34)5-6-24(18)25-14-29(43-8-7-19(10-30(45)46)27(17-43)47-4)42-15-26(25)41-16-28(44)31(2,3)20-11-21(32(35,36)37)13-22(12-20)33(38,39)40/h5-6,9,11-15,19,27,41H,7-8,10,16-17H2,1-4H3,(H,45,46). The molecule has 0 bridgehead atoms. The van der Waals surface area contributed by atoms with Crippen LogP contribution in [-0.4, -0.2) is 54.7 Å². The molecule has 3 aromatic rings. The highest BCUT2D eigenvalue weighted by Crippen LogP contribution is 2.40. The molecule has 0 spiro atoms. The number of halogens is 7. The quantitative estimate of drug-likeness (QED) is 0.216.